The van der Waals surface area contributed by atoms with Gasteiger partial charge in [-0.05, 0) is 66.3 Å². The van der Waals surface area contributed by atoms with Gasteiger partial charge in [-0.3, -0.25) is 4.90 Å². The molecule has 0 saturated carbocycles. The van der Waals surface area contributed by atoms with E-state index >= 15 is 0 Å². The van der Waals surface area contributed by atoms with Crippen molar-refractivity contribution in [2.75, 3.05) is 26.4 Å². The fourth-order valence-corrected chi connectivity index (χ4v) is 4.42. The van der Waals surface area contributed by atoms with Crippen LogP contribution in [-0.4, -0.2) is 41.5 Å². The lowest BCUT2D eigenvalue weighted by Gasteiger charge is -2.42. The van der Waals surface area contributed by atoms with E-state index in [9.17, 15) is 14.6 Å². The molecule has 0 bridgehead atoms. The summed E-state index contributed by atoms with van der Waals surface area (Å²) in [5.74, 6) is 0.417. The predicted molar refractivity (Wildman–Crippen MR) is 98.7 cm³/mol. The number of alkyl halides is 1. The number of halogens is 1. The van der Waals surface area contributed by atoms with Crippen LogP contribution in [0.25, 0.3) is 11.1 Å². The van der Waals surface area contributed by atoms with Gasteiger partial charge >= 0.3 is 0 Å². The summed E-state index contributed by atoms with van der Waals surface area (Å²) in [6, 6.07) is 7.60. The molecule has 2 aromatic rings. The number of hydrogen-bond acceptors (Lipinski definition) is 4. The maximum atomic E-state index is 12.6. The molecule has 0 aromatic heterocycles. The third-order valence-electron chi connectivity index (χ3n) is 5.46. The highest BCUT2D eigenvalue weighted by Crippen LogP contribution is 2.51. The Labute approximate surface area is 152 Å². The maximum Gasteiger partial charge on any atom is 0.165 e. The van der Waals surface area contributed by atoms with Crippen LogP contribution in [0, 0.1) is 0 Å². The van der Waals surface area contributed by atoms with Crippen molar-refractivity contribution >= 4 is 0 Å². The molecular formula is C21H24FNO3. The second kappa shape index (κ2) is 6.80. The van der Waals surface area contributed by atoms with Crippen molar-refractivity contribution in [1.29, 1.82) is 0 Å². The Hall–Kier alpha value is -2.27. The number of ether oxygens (including phenoxy) is 1. The molecule has 138 valence electrons. The zero-order chi connectivity index (χ0) is 18.3. The molecule has 2 aliphatic rings. The van der Waals surface area contributed by atoms with Gasteiger partial charge in [-0.15, -0.1) is 0 Å². The second-order valence-corrected chi connectivity index (χ2v) is 7.05. The first kappa shape index (κ1) is 17.2. The van der Waals surface area contributed by atoms with Crippen molar-refractivity contribution in [3.63, 3.8) is 0 Å². The maximum absolute atomic E-state index is 12.6. The highest BCUT2D eigenvalue weighted by atomic mass is 18.2. The van der Waals surface area contributed by atoms with Gasteiger partial charge in [0.2, 0.25) is 0 Å². The molecule has 2 aromatic carbocycles. The van der Waals surface area contributed by atoms with E-state index in [1.807, 2.05) is 18.2 Å². The van der Waals surface area contributed by atoms with Gasteiger partial charge in [-0.25, -0.2) is 4.39 Å². The fraction of sp³-hybridized carbons (Fsp3) is 0.429. The van der Waals surface area contributed by atoms with Gasteiger partial charge in [0, 0.05) is 18.2 Å². The molecule has 0 amide bonds. The van der Waals surface area contributed by atoms with Crippen LogP contribution in [0.15, 0.2) is 24.3 Å². The Morgan fingerprint density at radius 1 is 1.23 bits per heavy atom. The molecule has 0 unspecified atom stereocenters. The molecule has 5 heteroatoms. The highest BCUT2D eigenvalue weighted by molar-refractivity contribution is 5.83. The number of phenolic OH excluding ortho intramolecular Hbond substituents is 2. The van der Waals surface area contributed by atoms with E-state index < -0.39 is 6.67 Å². The van der Waals surface area contributed by atoms with Crippen LogP contribution in [-0.2, 0) is 12.8 Å². The Morgan fingerprint density at radius 2 is 2.08 bits per heavy atom. The second-order valence-electron chi connectivity index (χ2n) is 7.05. The number of benzene rings is 2. The predicted octanol–water partition coefficient (Wildman–Crippen LogP) is 3.98. The monoisotopic (exact) mass is 356 g/mol. The number of aromatic hydroxyl groups is 2. The lowest BCUT2D eigenvalue weighted by atomic mass is 9.76. The molecule has 1 atom stereocenters. The largest absolute Gasteiger partial charge is 0.504 e. The van der Waals surface area contributed by atoms with Crippen LogP contribution in [0.2, 0.25) is 0 Å². The SMILES string of the molecule is CCCN1CCc2cc(OCC[18F])cc3c2[C@H]1Cc1ccc(O)c(O)c1-3. The molecule has 26 heavy (non-hydrogen) atoms. The van der Waals surface area contributed by atoms with E-state index in [0.29, 0.717) is 11.3 Å². The number of rotatable bonds is 5. The van der Waals surface area contributed by atoms with E-state index in [-0.39, 0.29) is 24.1 Å². The van der Waals surface area contributed by atoms with Crippen LogP contribution in [0.4, 0.5) is 4.39 Å². The molecule has 1 heterocycles. The minimum Gasteiger partial charge on any atom is -0.504 e. The number of fused-ring (bicyclic) bond motifs is 2. The molecule has 0 radical (unpaired) electrons. The van der Waals surface area contributed by atoms with E-state index in [1.54, 1.807) is 6.07 Å². The number of phenols is 2. The average Bonchev–Trinajstić information content (AvgIpc) is 2.65. The topological polar surface area (TPSA) is 52.9 Å². The van der Waals surface area contributed by atoms with Crippen molar-refractivity contribution in [3.8, 4) is 28.4 Å². The Morgan fingerprint density at radius 3 is 2.85 bits per heavy atom. The molecule has 1 aliphatic heterocycles. The highest BCUT2D eigenvalue weighted by Gasteiger charge is 2.36. The Bertz CT molecular complexity index is 836. The summed E-state index contributed by atoms with van der Waals surface area (Å²) in [6.07, 6.45) is 2.81. The zero-order valence-corrected chi connectivity index (χ0v) is 15.0. The summed E-state index contributed by atoms with van der Waals surface area (Å²) < 4.78 is 18.1. The van der Waals surface area contributed by atoms with E-state index in [4.69, 9.17) is 4.74 Å². The van der Waals surface area contributed by atoms with Gasteiger partial charge in [-0.1, -0.05) is 13.0 Å². The molecule has 2 N–H and O–H groups in total. The molecule has 0 spiro atoms. The van der Waals surface area contributed by atoms with Gasteiger partial charge < -0.3 is 14.9 Å². The van der Waals surface area contributed by atoms with E-state index in [0.717, 1.165) is 43.5 Å². The summed E-state index contributed by atoms with van der Waals surface area (Å²) in [5, 5.41) is 20.5. The molecule has 0 fully saturated rings. The lowest BCUT2D eigenvalue weighted by Crippen LogP contribution is -2.38. The van der Waals surface area contributed by atoms with Gasteiger partial charge in [0.15, 0.2) is 11.5 Å². The summed E-state index contributed by atoms with van der Waals surface area (Å²) in [5.41, 5.74) is 5.01. The Balaban J connectivity index is 1.91. The van der Waals surface area contributed by atoms with E-state index in [1.165, 1.54) is 11.1 Å². The zero-order valence-electron chi connectivity index (χ0n) is 15.0. The average molecular weight is 356 g/mol. The van der Waals surface area contributed by atoms with Crippen LogP contribution in [0.3, 0.4) is 0 Å². The third-order valence-corrected chi connectivity index (χ3v) is 5.46. The van der Waals surface area contributed by atoms with Crippen LogP contribution in [0.5, 0.6) is 17.2 Å². The Kier molecular flexibility index (Phi) is 4.49. The number of hydrogen-bond donors (Lipinski definition) is 2. The van der Waals surface area contributed by atoms with E-state index in [2.05, 4.69) is 11.8 Å². The van der Waals surface area contributed by atoms with Crippen LogP contribution < -0.4 is 4.74 Å². The van der Waals surface area contributed by atoms with Crippen molar-refractivity contribution in [1.82, 2.24) is 4.90 Å². The van der Waals surface area contributed by atoms with Crippen molar-refractivity contribution in [3.05, 3.63) is 41.0 Å². The first-order valence-corrected chi connectivity index (χ1v) is 9.27. The van der Waals surface area contributed by atoms with Crippen molar-refractivity contribution in [2.45, 2.75) is 32.2 Å². The lowest BCUT2D eigenvalue weighted by molar-refractivity contribution is 0.182. The smallest absolute Gasteiger partial charge is 0.165 e. The first-order chi connectivity index (χ1) is 12.6. The van der Waals surface area contributed by atoms with Crippen molar-refractivity contribution < 1.29 is 19.3 Å². The minimum absolute atomic E-state index is 0.0164. The third kappa shape index (κ3) is 2.71. The first-order valence-electron chi connectivity index (χ1n) is 9.27. The normalized spacial score (nSPS) is 18.3. The molecule has 0 saturated heterocycles. The summed E-state index contributed by atoms with van der Waals surface area (Å²) in [6.45, 7) is 3.68. The van der Waals surface area contributed by atoms with Gasteiger partial charge in [0.05, 0.1) is 0 Å². The summed E-state index contributed by atoms with van der Waals surface area (Å²) in [4.78, 5) is 2.50. The van der Waals surface area contributed by atoms with Crippen LogP contribution >= 0.6 is 0 Å². The molecule has 4 rings (SSSR count). The molecule has 1 aliphatic carbocycles. The van der Waals surface area contributed by atoms with Gasteiger partial charge in [0.25, 0.3) is 0 Å². The van der Waals surface area contributed by atoms with Gasteiger partial charge in [-0.2, -0.15) is 0 Å². The number of nitrogens with zero attached hydrogens (tertiary/aromatic N) is 1. The quantitative estimate of drug-likeness (QED) is 0.796. The van der Waals surface area contributed by atoms with Crippen molar-refractivity contribution in [2.24, 2.45) is 0 Å². The summed E-state index contributed by atoms with van der Waals surface area (Å²) in [7, 11) is 0. The fourth-order valence-electron chi connectivity index (χ4n) is 4.42. The summed E-state index contributed by atoms with van der Waals surface area (Å²) >= 11 is 0. The standard InChI is InChI=1S/C21H24FNO3/c1-2-7-23-8-5-14-10-15(26-9-6-22)12-16-19(14)17(23)11-13-3-4-18(24)21(25)20(13)16/h3-4,10,12,17,24-25H,2,5-9,11H2,1H3/t17-/m1/s1/i22-1. The van der Waals surface area contributed by atoms with Gasteiger partial charge in [0.1, 0.15) is 19.0 Å². The molecular weight excluding hydrogens is 332 g/mol. The minimum atomic E-state index is -0.540. The molecule has 4 nitrogen and oxygen atoms in total. The van der Waals surface area contributed by atoms with Crippen LogP contribution in [0.1, 0.15) is 36.1 Å².